The van der Waals surface area contributed by atoms with Crippen LogP contribution in [0.25, 0.3) is 0 Å². The van der Waals surface area contributed by atoms with E-state index in [0.717, 1.165) is 5.75 Å². The largest absolute Gasteiger partial charge is 0.319 e. The molecular formula is C3H5N3OS. The molecule has 0 aliphatic heterocycles. The van der Waals surface area contributed by atoms with E-state index in [1.165, 1.54) is 0 Å². The van der Waals surface area contributed by atoms with Gasteiger partial charge in [-0.15, -0.1) is 0 Å². The van der Waals surface area contributed by atoms with Gasteiger partial charge >= 0.3 is 0 Å². The first kappa shape index (κ1) is 5.55. The van der Waals surface area contributed by atoms with Gasteiger partial charge in [0.2, 0.25) is 0 Å². The van der Waals surface area contributed by atoms with Crippen LogP contribution in [0.4, 0.5) is 0 Å². The van der Waals surface area contributed by atoms with Gasteiger partial charge in [-0.25, -0.2) is 0 Å². The summed E-state index contributed by atoms with van der Waals surface area (Å²) in [5.74, 6) is 1.32. The van der Waals surface area contributed by atoms with Crippen LogP contribution in [0.15, 0.2) is 4.52 Å². The number of nitrogens with zero attached hydrogens (tertiary/aromatic N) is 3. The molecule has 0 amide bonds. The first-order chi connectivity index (χ1) is 3.93. The van der Waals surface area contributed by atoms with E-state index in [1.54, 1.807) is 11.8 Å². The number of rotatable bonds is 2. The van der Waals surface area contributed by atoms with Gasteiger partial charge in [0.15, 0.2) is 0 Å². The summed E-state index contributed by atoms with van der Waals surface area (Å²) in [6.07, 6.45) is 1.96. The summed E-state index contributed by atoms with van der Waals surface area (Å²) in [5, 5.41) is 10.0. The van der Waals surface area contributed by atoms with Crippen molar-refractivity contribution in [3.63, 3.8) is 0 Å². The minimum atomic E-state index is 0.581. The lowest BCUT2D eigenvalue weighted by Gasteiger charge is -1.80. The lowest BCUT2D eigenvalue weighted by Crippen LogP contribution is -1.76. The van der Waals surface area contributed by atoms with Crippen molar-refractivity contribution in [2.45, 2.75) is 5.75 Å². The van der Waals surface area contributed by atoms with E-state index < -0.39 is 0 Å². The van der Waals surface area contributed by atoms with Crippen molar-refractivity contribution in [2.24, 2.45) is 0 Å². The Hall–Kier alpha value is -0.580. The van der Waals surface area contributed by atoms with Crippen molar-refractivity contribution in [1.82, 2.24) is 15.6 Å². The van der Waals surface area contributed by atoms with Crippen molar-refractivity contribution >= 4 is 11.8 Å². The van der Waals surface area contributed by atoms with E-state index in [2.05, 4.69) is 20.1 Å². The molecule has 0 unspecified atom stereocenters. The van der Waals surface area contributed by atoms with Crippen LogP contribution >= 0.6 is 11.8 Å². The van der Waals surface area contributed by atoms with Gasteiger partial charge in [-0.1, -0.05) is 5.10 Å². The molecule has 1 aromatic heterocycles. The molecule has 1 heterocycles. The molecule has 4 nitrogen and oxygen atoms in total. The van der Waals surface area contributed by atoms with E-state index in [4.69, 9.17) is 0 Å². The molecule has 0 radical (unpaired) electrons. The molecule has 5 heteroatoms. The summed E-state index contributed by atoms with van der Waals surface area (Å²) >= 11 is 1.62. The average molecular weight is 131 g/mol. The fourth-order valence-corrected chi connectivity index (χ4v) is 0.688. The quantitative estimate of drug-likeness (QED) is 0.578. The van der Waals surface area contributed by atoms with Crippen molar-refractivity contribution in [2.75, 3.05) is 6.26 Å². The Kier molecular flexibility index (Phi) is 1.85. The molecule has 0 saturated heterocycles. The van der Waals surface area contributed by atoms with Crippen LogP contribution in [0, 0.1) is 0 Å². The molecule has 1 aromatic rings. The maximum atomic E-state index is 4.58. The summed E-state index contributed by atoms with van der Waals surface area (Å²) in [6.45, 7) is 0. The zero-order valence-electron chi connectivity index (χ0n) is 4.37. The average Bonchev–Trinajstić information content (AvgIpc) is 2.19. The second kappa shape index (κ2) is 2.66. The summed E-state index contributed by atoms with van der Waals surface area (Å²) in [7, 11) is 0. The van der Waals surface area contributed by atoms with Gasteiger partial charge in [-0.3, -0.25) is 0 Å². The predicted octanol–water partition coefficient (Wildman–Crippen LogP) is 0.328. The lowest BCUT2D eigenvalue weighted by atomic mass is 10.8. The second-order valence-electron chi connectivity index (χ2n) is 1.19. The normalized spacial score (nSPS) is 9.62. The van der Waals surface area contributed by atoms with Gasteiger partial charge in [0.1, 0.15) is 0 Å². The van der Waals surface area contributed by atoms with Crippen LogP contribution in [0.3, 0.4) is 0 Å². The summed E-state index contributed by atoms with van der Waals surface area (Å²) in [4.78, 5) is 0. The number of hydrogen-bond donors (Lipinski definition) is 0. The topological polar surface area (TPSA) is 51.8 Å². The smallest absolute Gasteiger partial charge is 0.257 e. The molecule has 0 fully saturated rings. The maximum Gasteiger partial charge on any atom is 0.257 e. The van der Waals surface area contributed by atoms with Gasteiger partial charge in [0, 0.05) is 0 Å². The highest BCUT2D eigenvalue weighted by Gasteiger charge is 1.94. The zero-order valence-corrected chi connectivity index (χ0v) is 5.18. The summed E-state index contributed by atoms with van der Waals surface area (Å²) in [5.41, 5.74) is 0. The van der Waals surface area contributed by atoms with Crippen LogP contribution < -0.4 is 0 Å². The van der Waals surface area contributed by atoms with Crippen molar-refractivity contribution in [3.05, 3.63) is 5.89 Å². The van der Waals surface area contributed by atoms with Crippen LogP contribution in [0.2, 0.25) is 0 Å². The third-order valence-corrected chi connectivity index (χ3v) is 1.14. The molecule has 0 aliphatic rings. The number of hydrogen-bond acceptors (Lipinski definition) is 5. The van der Waals surface area contributed by atoms with Crippen LogP contribution in [-0.4, -0.2) is 21.8 Å². The molecule has 0 aromatic carbocycles. The van der Waals surface area contributed by atoms with Crippen molar-refractivity contribution in [3.8, 4) is 0 Å². The first-order valence-corrected chi connectivity index (χ1v) is 3.45. The molecule has 1 rings (SSSR count). The van der Waals surface area contributed by atoms with E-state index in [9.17, 15) is 0 Å². The Morgan fingerprint density at radius 2 is 2.62 bits per heavy atom. The van der Waals surface area contributed by atoms with Gasteiger partial charge in [-0.2, -0.15) is 11.8 Å². The molecule has 8 heavy (non-hydrogen) atoms. The molecule has 0 bridgehead atoms. The van der Waals surface area contributed by atoms with E-state index >= 15 is 0 Å². The van der Waals surface area contributed by atoms with Gasteiger partial charge in [0.25, 0.3) is 5.89 Å². The molecule has 44 valence electrons. The summed E-state index contributed by atoms with van der Waals surface area (Å²) in [6, 6.07) is 0. The highest BCUT2D eigenvalue weighted by molar-refractivity contribution is 7.97. The third-order valence-electron chi connectivity index (χ3n) is 0.607. The van der Waals surface area contributed by atoms with Crippen LogP contribution in [0.5, 0.6) is 0 Å². The fourth-order valence-electron chi connectivity index (χ4n) is 0.330. The van der Waals surface area contributed by atoms with Crippen molar-refractivity contribution in [1.29, 1.82) is 0 Å². The molecule has 0 atom stereocenters. The Morgan fingerprint density at radius 3 is 3.12 bits per heavy atom. The van der Waals surface area contributed by atoms with E-state index in [0.29, 0.717) is 5.89 Å². The fraction of sp³-hybridized carbons (Fsp3) is 0.667. The number of aromatic nitrogens is 3. The monoisotopic (exact) mass is 131 g/mol. The Balaban J connectivity index is 2.50. The minimum Gasteiger partial charge on any atom is -0.319 e. The first-order valence-electron chi connectivity index (χ1n) is 2.06. The highest BCUT2D eigenvalue weighted by atomic mass is 32.2. The minimum absolute atomic E-state index is 0.581. The van der Waals surface area contributed by atoms with Crippen molar-refractivity contribution < 1.29 is 4.52 Å². The van der Waals surface area contributed by atoms with Crippen LogP contribution in [0.1, 0.15) is 5.89 Å². The second-order valence-corrected chi connectivity index (χ2v) is 2.06. The van der Waals surface area contributed by atoms with Crippen LogP contribution in [-0.2, 0) is 5.75 Å². The SMILES string of the molecule is CSCc1nnno1. The third kappa shape index (κ3) is 1.19. The maximum absolute atomic E-state index is 4.58. The van der Waals surface area contributed by atoms with Gasteiger partial charge < -0.3 is 4.52 Å². The molecular weight excluding hydrogens is 126 g/mol. The Morgan fingerprint density at radius 1 is 1.75 bits per heavy atom. The molecule has 0 saturated carbocycles. The molecule has 0 N–H and O–H groups in total. The Bertz CT molecular complexity index is 140. The zero-order chi connectivity index (χ0) is 5.82. The van der Waals surface area contributed by atoms with Gasteiger partial charge in [0.05, 0.1) is 11.0 Å². The van der Waals surface area contributed by atoms with E-state index in [-0.39, 0.29) is 0 Å². The summed E-state index contributed by atoms with van der Waals surface area (Å²) < 4.78 is 4.58. The molecule has 0 aliphatic carbocycles. The van der Waals surface area contributed by atoms with E-state index in [1.807, 2.05) is 6.26 Å². The predicted molar refractivity (Wildman–Crippen MR) is 29.3 cm³/mol. The Labute approximate surface area is 50.6 Å². The number of thioether (sulfide) groups is 1. The lowest BCUT2D eigenvalue weighted by molar-refractivity contribution is 0.371. The molecule has 0 spiro atoms. The van der Waals surface area contributed by atoms with Gasteiger partial charge in [-0.05, 0) is 11.5 Å². The standard InChI is InChI=1S/C3H5N3OS/c1-8-2-3-4-5-6-7-3/h2H2,1H3. The highest BCUT2D eigenvalue weighted by Crippen LogP contribution is 2.01.